The first-order valence-corrected chi connectivity index (χ1v) is 22.7. The van der Waals surface area contributed by atoms with Gasteiger partial charge in [0.25, 0.3) is 0 Å². The van der Waals surface area contributed by atoms with E-state index in [1.165, 1.54) is 27.2 Å². The summed E-state index contributed by atoms with van der Waals surface area (Å²) >= 11 is 0. The number of carbonyl (C=O) groups excluding carboxylic acids is 3. The number of cyclic esters (lactones) is 1. The molecule has 0 amide bonds. The van der Waals surface area contributed by atoms with Gasteiger partial charge in [-0.1, -0.05) is 38.5 Å². The molecule has 4 rings (SSSR count). The summed E-state index contributed by atoms with van der Waals surface area (Å²) in [5, 5.41) is 55.8. The van der Waals surface area contributed by atoms with Gasteiger partial charge in [-0.3, -0.25) is 9.59 Å². The normalized spacial score (nSPS) is 45.9. The summed E-state index contributed by atoms with van der Waals surface area (Å²) in [6.07, 6.45) is -8.49. The van der Waals surface area contributed by atoms with E-state index in [2.05, 4.69) is 0 Å². The molecule has 0 radical (unpaired) electrons. The van der Waals surface area contributed by atoms with Crippen molar-refractivity contribution in [2.24, 2.45) is 23.7 Å². The molecule has 3 saturated heterocycles. The van der Waals surface area contributed by atoms with E-state index in [4.69, 9.17) is 42.6 Å². The van der Waals surface area contributed by atoms with Crippen LogP contribution < -0.4 is 0 Å². The van der Waals surface area contributed by atoms with E-state index in [0.717, 1.165) is 6.29 Å². The van der Waals surface area contributed by atoms with E-state index in [9.17, 15) is 39.9 Å². The van der Waals surface area contributed by atoms with Crippen LogP contribution >= 0.6 is 0 Å². The van der Waals surface area contributed by atoms with Crippen molar-refractivity contribution in [1.29, 1.82) is 0 Å². The van der Waals surface area contributed by atoms with E-state index in [1.807, 2.05) is 19.9 Å². The maximum Gasteiger partial charge on any atom is 0.308 e. The molecule has 0 saturated carbocycles. The fraction of sp³-hybridized carbons (Fsp3) is 0.848. The van der Waals surface area contributed by atoms with Gasteiger partial charge in [-0.25, -0.2) is 0 Å². The third-order valence-corrected chi connectivity index (χ3v) is 13.4. The maximum absolute atomic E-state index is 13.8. The number of aliphatic hydroxyl groups is 5. The summed E-state index contributed by atoms with van der Waals surface area (Å²) in [7, 11) is 6.43. The zero-order chi connectivity index (χ0) is 47.8. The molecule has 0 unspecified atom stereocenters. The van der Waals surface area contributed by atoms with Crippen LogP contribution in [0.2, 0.25) is 0 Å². The van der Waals surface area contributed by atoms with Crippen LogP contribution in [-0.2, 0) is 57.0 Å². The minimum absolute atomic E-state index is 0. The lowest BCUT2D eigenvalue weighted by Crippen LogP contribution is -2.65. The zero-order valence-electron chi connectivity index (χ0n) is 39.7. The minimum Gasteiger partial charge on any atom is -0.462 e. The molecule has 0 spiro atoms. The molecule has 3 fully saturated rings. The summed E-state index contributed by atoms with van der Waals surface area (Å²) in [6, 6.07) is -0.748. The van der Waals surface area contributed by atoms with Gasteiger partial charge in [0.05, 0.1) is 55.2 Å². The van der Waals surface area contributed by atoms with Gasteiger partial charge in [0.15, 0.2) is 24.7 Å². The Morgan fingerprint density at radius 2 is 1.53 bits per heavy atom. The molecule has 0 aromatic heterocycles. The van der Waals surface area contributed by atoms with Crippen molar-refractivity contribution in [3.63, 3.8) is 0 Å². The number of carbonyl (C=O) groups is 3. The Labute approximate surface area is 384 Å². The van der Waals surface area contributed by atoms with Crippen LogP contribution in [0, 0.1) is 23.7 Å². The van der Waals surface area contributed by atoms with E-state index in [1.54, 1.807) is 59.7 Å². The van der Waals surface area contributed by atoms with Gasteiger partial charge in [0.2, 0.25) is 0 Å². The number of esters is 1. The van der Waals surface area contributed by atoms with E-state index >= 15 is 0 Å². The lowest BCUT2D eigenvalue weighted by atomic mass is 9.79. The van der Waals surface area contributed by atoms with Gasteiger partial charge < -0.3 is 77.9 Å². The first-order valence-electron chi connectivity index (χ1n) is 22.7. The molecule has 4 aliphatic heterocycles. The topological polar surface area (TPSA) is 239 Å². The molecule has 0 bridgehead atoms. The summed E-state index contributed by atoms with van der Waals surface area (Å²) < 4.78 is 54.7. The Morgan fingerprint density at radius 3 is 2.12 bits per heavy atom. The second-order valence-corrected chi connectivity index (χ2v) is 18.7. The van der Waals surface area contributed by atoms with E-state index < -0.39 is 140 Å². The quantitative estimate of drug-likeness (QED) is 0.132. The van der Waals surface area contributed by atoms with Gasteiger partial charge >= 0.3 is 5.97 Å². The van der Waals surface area contributed by atoms with Gasteiger partial charge in [-0.2, -0.15) is 0 Å². The first-order chi connectivity index (χ1) is 30.1. The van der Waals surface area contributed by atoms with Crippen molar-refractivity contribution in [2.45, 2.75) is 191 Å². The van der Waals surface area contributed by atoms with Gasteiger partial charge in [-0.05, 0) is 73.5 Å². The van der Waals surface area contributed by atoms with Gasteiger partial charge in [0, 0.05) is 50.5 Å². The Hall–Kier alpha value is -2.27. The monoisotopic (exact) mass is 924 g/mol. The van der Waals surface area contributed by atoms with Crippen LogP contribution in [0.5, 0.6) is 0 Å². The Morgan fingerprint density at radius 1 is 0.875 bits per heavy atom. The molecular formula is C46H85NO17. The van der Waals surface area contributed by atoms with Crippen LogP contribution in [0.4, 0.5) is 0 Å². The fourth-order valence-corrected chi connectivity index (χ4v) is 9.51. The smallest absolute Gasteiger partial charge is 0.308 e. The van der Waals surface area contributed by atoms with Crippen molar-refractivity contribution in [1.82, 2.24) is 4.90 Å². The molecule has 0 aromatic carbocycles. The molecule has 5 N–H and O–H groups in total. The summed E-state index contributed by atoms with van der Waals surface area (Å²) in [4.78, 5) is 41.5. The molecule has 4 aliphatic rings. The Kier molecular flexibility index (Phi) is 20.5. The first kappa shape index (κ1) is 54.3. The molecule has 18 nitrogen and oxygen atoms in total. The third kappa shape index (κ3) is 13.5. The van der Waals surface area contributed by atoms with Gasteiger partial charge in [-0.15, -0.1) is 0 Å². The number of aliphatic hydroxyl groups excluding tert-OH is 4. The second kappa shape index (κ2) is 24.1. The SMILES string of the molecule is CC[C@@H]1OC(=O)C[C@H](O)[C@@H](C)[C@@H](O[C@@H]2O[C@H](C)[C@@H](O[C@H]3C[C@@](C)(O)[C@@H](O)[C@H](C)O3)[C@H](N(C)C)[C@H]2O)[C@@H](CC=O)C[C@@H](C)C(=O)/C=C/C(C)=C/[C@@H]1CO[C@H]1O[C@@H](C)[C@H](O)[C@H](OC)[C@@H]1OC.[HH].[HH].[HH].[HH]. The summed E-state index contributed by atoms with van der Waals surface area (Å²) in [5.74, 6) is -3.59. The third-order valence-electron chi connectivity index (χ3n) is 13.4. The van der Waals surface area contributed by atoms with Crippen molar-refractivity contribution in [2.75, 3.05) is 34.9 Å². The highest BCUT2D eigenvalue weighted by Crippen LogP contribution is 2.37. The zero-order valence-corrected chi connectivity index (χ0v) is 39.7. The van der Waals surface area contributed by atoms with Crippen molar-refractivity contribution in [3.05, 3.63) is 23.8 Å². The lowest BCUT2D eigenvalue weighted by molar-refractivity contribution is -0.341. The number of aldehydes is 1. The summed E-state index contributed by atoms with van der Waals surface area (Å²) in [6.45, 7) is 13.6. The van der Waals surface area contributed by atoms with Crippen LogP contribution in [0.25, 0.3) is 0 Å². The number of hydrogen-bond donors (Lipinski definition) is 5. The number of ketones is 1. The Balaban J connectivity index is 0.0000112. The maximum atomic E-state index is 13.8. The molecular weight excluding hydrogens is 838 g/mol. The number of likely N-dealkylation sites (N-methyl/N-ethyl adjacent to an activating group) is 1. The minimum atomic E-state index is -1.49. The largest absolute Gasteiger partial charge is 0.462 e. The average molecular weight is 924 g/mol. The van der Waals surface area contributed by atoms with Crippen LogP contribution in [0.1, 0.15) is 93.2 Å². The number of hydrogen-bond acceptors (Lipinski definition) is 18. The standard InChI is InChI=1S/C46H77NO17.4H2/c1-13-33-30(22-58-45-42(57-12)41(56-11)37(52)26(5)60-45)18-23(2)14-15-31(49)24(3)19-29(16-17-48)39(25(4)32(50)20-34(51)62-33)64-44-38(53)36(47(9)10)40(27(6)61-44)63-35-21-46(8,55)43(54)28(7)59-35;;;;/h14-15,17-18,24-30,32-33,35-45,50,52-55H,13,16,19-22H2,1-12H3;4*1H/b15-14+,23-18+;;;;/t24-,25-,26+,27-,28+,29+,30-,32+,33+,35+,36-,37+,38-,39-,40-,41+,42+,43+,44+,45+,46-;;;;/m1..../s1. The van der Waals surface area contributed by atoms with E-state index in [-0.39, 0.29) is 37.4 Å². The highest BCUT2D eigenvalue weighted by molar-refractivity contribution is 5.91. The number of nitrogens with zero attached hydrogens (tertiary/aromatic N) is 1. The van der Waals surface area contributed by atoms with Gasteiger partial charge in [0.1, 0.15) is 49.0 Å². The second-order valence-electron chi connectivity index (χ2n) is 18.7. The predicted octanol–water partition coefficient (Wildman–Crippen LogP) is 2.82. The summed E-state index contributed by atoms with van der Waals surface area (Å²) in [5.41, 5.74) is -0.806. The number of methoxy groups -OCH3 is 2. The molecule has 0 aromatic rings. The molecule has 64 heavy (non-hydrogen) atoms. The van der Waals surface area contributed by atoms with Crippen molar-refractivity contribution in [3.8, 4) is 0 Å². The van der Waals surface area contributed by atoms with Crippen LogP contribution in [0.15, 0.2) is 23.8 Å². The molecule has 376 valence electrons. The number of ether oxygens (including phenoxy) is 9. The van der Waals surface area contributed by atoms with Crippen LogP contribution in [-0.4, -0.2) is 187 Å². The molecule has 18 heteroatoms. The predicted molar refractivity (Wildman–Crippen MR) is 239 cm³/mol. The highest BCUT2D eigenvalue weighted by Gasteiger charge is 2.52. The molecule has 21 atom stereocenters. The molecule has 4 heterocycles. The lowest BCUT2D eigenvalue weighted by Gasteiger charge is -2.50. The van der Waals surface area contributed by atoms with Crippen LogP contribution in [0.3, 0.4) is 0 Å². The van der Waals surface area contributed by atoms with Crippen molar-refractivity contribution < 1.29 is 88.3 Å². The molecule has 0 aliphatic carbocycles. The highest BCUT2D eigenvalue weighted by atomic mass is 16.7. The average Bonchev–Trinajstić information content (AvgIpc) is 3.23. The number of allylic oxidation sites excluding steroid dienone is 3. The fourth-order valence-electron chi connectivity index (χ4n) is 9.51. The Bertz CT molecular complexity index is 1580. The number of rotatable bonds is 13. The van der Waals surface area contributed by atoms with Crippen molar-refractivity contribution >= 4 is 18.0 Å². The van der Waals surface area contributed by atoms with E-state index in [0.29, 0.717) is 12.0 Å².